The number of morpholine rings is 1. The number of aromatic nitrogens is 2. The second kappa shape index (κ2) is 6.15. The van der Waals surface area contributed by atoms with Gasteiger partial charge in [-0.3, -0.25) is 4.90 Å². The maximum absolute atomic E-state index is 5.90. The van der Waals surface area contributed by atoms with Crippen LogP contribution in [0.5, 0.6) is 5.88 Å². The largest absolute Gasteiger partial charge is 0.472 e. The molecule has 1 aromatic heterocycles. The van der Waals surface area contributed by atoms with Crippen LogP contribution in [0.4, 0.5) is 5.82 Å². The van der Waals surface area contributed by atoms with Crippen LogP contribution in [-0.2, 0) is 4.74 Å². The lowest BCUT2D eigenvalue weighted by molar-refractivity contribution is -0.0688. The first kappa shape index (κ1) is 14.5. The van der Waals surface area contributed by atoms with Crippen molar-refractivity contribution in [3.63, 3.8) is 0 Å². The zero-order valence-electron chi connectivity index (χ0n) is 13.0. The van der Waals surface area contributed by atoms with Gasteiger partial charge in [0, 0.05) is 32.0 Å². The van der Waals surface area contributed by atoms with E-state index in [1.54, 1.807) is 12.4 Å². The minimum atomic E-state index is 0.0960. The van der Waals surface area contributed by atoms with Crippen molar-refractivity contribution in [3.8, 4) is 5.88 Å². The summed E-state index contributed by atoms with van der Waals surface area (Å²) in [6, 6.07) is 0.418. The van der Waals surface area contributed by atoms with Gasteiger partial charge < -0.3 is 14.4 Å². The number of fused-ring (bicyclic) bond motifs is 1. The Kier molecular flexibility index (Phi) is 4.26. The van der Waals surface area contributed by atoms with Crippen LogP contribution in [0.1, 0.15) is 20.3 Å². The van der Waals surface area contributed by atoms with Crippen molar-refractivity contribution in [2.45, 2.75) is 38.5 Å². The number of hydrogen-bond donors (Lipinski definition) is 0. The van der Waals surface area contributed by atoms with Gasteiger partial charge in [-0.15, -0.1) is 0 Å². The van der Waals surface area contributed by atoms with E-state index in [0.29, 0.717) is 18.0 Å². The van der Waals surface area contributed by atoms with Gasteiger partial charge >= 0.3 is 0 Å². The van der Waals surface area contributed by atoms with E-state index in [0.717, 1.165) is 38.5 Å². The van der Waals surface area contributed by atoms with Crippen LogP contribution in [0.2, 0.25) is 0 Å². The molecule has 21 heavy (non-hydrogen) atoms. The number of ether oxygens (including phenoxy) is 2. The average Bonchev–Trinajstić information content (AvgIpc) is 2.47. The minimum Gasteiger partial charge on any atom is -0.472 e. The van der Waals surface area contributed by atoms with Gasteiger partial charge in [0.2, 0.25) is 0 Å². The minimum absolute atomic E-state index is 0.0960. The molecule has 6 nitrogen and oxygen atoms in total. The molecule has 3 rings (SSSR count). The third-order valence-electron chi connectivity index (χ3n) is 4.16. The molecule has 0 saturated carbocycles. The van der Waals surface area contributed by atoms with Crippen LogP contribution in [0, 0.1) is 0 Å². The topological polar surface area (TPSA) is 50.7 Å². The van der Waals surface area contributed by atoms with E-state index >= 15 is 0 Å². The van der Waals surface area contributed by atoms with E-state index in [1.165, 1.54) is 0 Å². The number of anilines is 1. The molecular formula is C15H24N4O2. The third-order valence-corrected chi connectivity index (χ3v) is 4.16. The number of rotatable bonds is 3. The molecule has 2 unspecified atom stereocenters. The molecule has 3 heterocycles. The van der Waals surface area contributed by atoms with Gasteiger partial charge in [-0.25, -0.2) is 9.97 Å². The van der Waals surface area contributed by atoms with E-state index in [2.05, 4.69) is 26.8 Å². The molecular weight excluding hydrogens is 268 g/mol. The number of likely N-dealkylation sites (N-methyl/N-ethyl adjacent to an activating group) is 1. The molecule has 2 atom stereocenters. The fourth-order valence-electron chi connectivity index (χ4n) is 3.08. The summed E-state index contributed by atoms with van der Waals surface area (Å²) < 4.78 is 11.7. The smallest absolute Gasteiger partial charge is 0.257 e. The molecule has 0 amide bonds. The summed E-state index contributed by atoms with van der Waals surface area (Å²) in [7, 11) is 2.17. The fraction of sp³-hybridized carbons (Fsp3) is 0.733. The summed E-state index contributed by atoms with van der Waals surface area (Å²) in [5.74, 6) is 1.48. The molecule has 0 spiro atoms. The normalized spacial score (nSPS) is 26.8. The zero-order chi connectivity index (χ0) is 14.8. The quantitative estimate of drug-likeness (QED) is 0.833. The van der Waals surface area contributed by atoms with Gasteiger partial charge in [0.05, 0.1) is 24.9 Å². The third kappa shape index (κ3) is 3.11. The van der Waals surface area contributed by atoms with Crippen LogP contribution in [0.15, 0.2) is 12.4 Å². The first-order valence-corrected chi connectivity index (χ1v) is 7.69. The fourth-order valence-corrected chi connectivity index (χ4v) is 3.08. The molecule has 1 aromatic rings. The van der Waals surface area contributed by atoms with E-state index < -0.39 is 0 Å². The van der Waals surface area contributed by atoms with Crippen LogP contribution in [-0.4, -0.2) is 66.4 Å². The van der Waals surface area contributed by atoms with E-state index in [-0.39, 0.29) is 6.10 Å². The SMILES string of the molecule is CC(C)Oc1nccnc1N1CCC2OCCN(C)C2C1. The summed E-state index contributed by atoms with van der Waals surface area (Å²) in [6.07, 6.45) is 4.87. The van der Waals surface area contributed by atoms with Gasteiger partial charge in [-0.1, -0.05) is 0 Å². The average molecular weight is 292 g/mol. The van der Waals surface area contributed by atoms with E-state index in [4.69, 9.17) is 9.47 Å². The predicted octanol–water partition coefficient (Wildman–Crippen LogP) is 1.17. The van der Waals surface area contributed by atoms with Crippen LogP contribution < -0.4 is 9.64 Å². The second-order valence-corrected chi connectivity index (χ2v) is 6.04. The first-order chi connectivity index (χ1) is 10.1. The van der Waals surface area contributed by atoms with Gasteiger partial charge in [0.25, 0.3) is 5.88 Å². The van der Waals surface area contributed by atoms with Crippen molar-refractivity contribution < 1.29 is 9.47 Å². The van der Waals surface area contributed by atoms with Crippen molar-refractivity contribution in [2.24, 2.45) is 0 Å². The number of nitrogens with zero attached hydrogens (tertiary/aromatic N) is 4. The zero-order valence-corrected chi connectivity index (χ0v) is 13.0. The Morgan fingerprint density at radius 3 is 2.90 bits per heavy atom. The highest BCUT2D eigenvalue weighted by Crippen LogP contribution is 2.29. The van der Waals surface area contributed by atoms with Crippen LogP contribution in [0.25, 0.3) is 0 Å². The summed E-state index contributed by atoms with van der Waals surface area (Å²) in [5.41, 5.74) is 0. The van der Waals surface area contributed by atoms with Gasteiger partial charge in [-0.05, 0) is 27.3 Å². The molecule has 2 saturated heterocycles. The summed E-state index contributed by atoms with van der Waals surface area (Å²) in [5, 5.41) is 0. The Bertz CT molecular complexity index is 482. The molecule has 0 aromatic carbocycles. The lowest BCUT2D eigenvalue weighted by Crippen LogP contribution is -2.59. The molecule has 0 N–H and O–H groups in total. The molecule has 0 radical (unpaired) electrons. The number of piperidine rings is 1. The van der Waals surface area contributed by atoms with Crippen molar-refractivity contribution >= 4 is 5.82 Å². The maximum atomic E-state index is 5.90. The molecule has 2 aliphatic heterocycles. The van der Waals surface area contributed by atoms with Crippen LogP contribution in [0.3, 0.4) is 0 Å². The summed E-state index contributed by atoms with van der Waals surface area (Å²) >= 11 is 0. The predicted molar refractivity (Wildman–Crippen MR) is 80.8 cm³/mol. The Hall–Kier alpha value is -1.40. The Balaban J connectivity index is 1.78. The molecule has 6 heteroatoms. The molecule has 116 valence electrons. The highest BCUT2D eigenvalue weighted by Gasteiger charge is 2.36. The van der Waals surface area contributed by atoms with Crippen molar-refractivity contribution in [3.05, 3.63) is 12.4 Å². The highest BCUT2D eigenvalue weighted by molar-refractivity contribution is 5.48. The summed E-state index contributed by atoms with van der Waals surface area (Å²) in [4.78, 5) is 13.5. The van der Waals surface area contributed by atoms with Crippen molar-refractivity contribution in [1.29, 1.82) is 0 Å². The second-order valence-electron chi connectivity index (χ2n) is 6.04. The van der Waals surface area contributed by atoms with Crippen LogP contribution >= 0.6 is 0 Å². The molecule has 2 fully saturated rings. The molecule has 2 aliphatic rings. The Labute approximate surface area is 126 Å². The van der Waals surface area contributed by atoms with Crippen molar-refractivity contribution in [1.82, 2.24) is 14.9 Å². The number of hydrogen-bond acceptors (Lipinski definition) is 6. The lowest BCUT2D eigenvalue weighted by Gasteiger charge is -2.46. The standard InChI is InChI=1S/C15H24N4O2/c1-11(2)21-15-14(16-5-6-17-15)19-7-4-13-12(10-19)18(3)8-9-20-13/h5-6,11-13H,4,7-10H2,1-3H3. The monoisotopic (exact) mass is 292 g/mol. The van der Waals surface area contributed by atoms with E-state index in [1.807, 2.05) is 13.8 Å². The van der Waals surface area contributed by atoms with Gasteiger partial charge in [-0.2, -0.15) is 0 Å². The maximum Gasteiger partial charge on any atom is 0.257 e. The van der Waals surface area contributed by atoms with Gasteiger partial charge in [0.15, 0.2) is 5.82 Å². The molecule has 0 bridgehead atoms. The van der Waals surface area contributed by atoms with Gasteiger partial charge in [0.1, 0.15) is 0 Å². The Morgan fingerprint density at radius 1 is 1.29 bits per heavy atom. The van der Waals surface area contributed by atoms with E-state index in [9.17, 15) is 0 Å². The highest BCUT2D eigenvalue weighted by atomic mass is 16.5. The first-order valence-electron chi connectivity index (χ1n) is 7.69. The Morgan fingerprint density at radius 2 is 2.10 bits per heavy atom. The molecule has 0 aliphatic carbocycles. The van der Waals surface area contributed by atoms with Crippen molar-refractivity contribution in [2.75, 3.05) is 38.2 Å². The lowest BCUT2D eigenvalue weighted by atomic mass is 9.99. The summed E-state index contributed by atoms with van der Waals surface area (Å²) in [6.45, 7) is 7.69.